The monoisotopic (exact) mass is 359 g/mol. The largest absolute Gasteiger partial charge is 0.325 e. The Balaban J connectivity index is 1.83. The maximum Gasteiger partial charge on any atom is 0.325 e. The quantitative estimate of drug-likeness (QED) is 0.756. The van der Waals surface area contributed by atoms with Crippen LogP contribution < -0.4 is 16.0 Å². The lowest BCUT2D eigenvalue weighted by Gasteiger charge is -2.15. The zero-order valence-corrected chi connectivity index (χ0v) is 15.3. The predicted molar refractivity (Wildman–Crippen MR) is 101 cm³/mol. The molecule has 132 valence electrons. The van der Waals surface area contributed by atoms with Crippen LogP contribution in [0.4, 0.5) is 10.5 Å². The van der Waals surface area contributed by atoms with Gasteiger partial charge >= 0.3 is 6.03 Å². The van der Waals surface area contributed by atoms with E-state index in [1.54, 1.807) is 6.07 Å². The third-order valence-corrected chi connectivity index (χ3v) is 4.17. The lowest BCUT2D eigenvalue weighted by Crippen LogP contribution is -2.40. The van der Waals surface area contributed by atoms with E-state index in [-0.39, 0.29) is 12.6 Å². The normalized spacial score (nSPS) is 11.7. The molecule has 0 aliphatic heterocycles. The third kappa shape index (κ3) is 5.59. The molecular weight excluding hydrogens is 338 g/mol. The van der Waals surface area contributed by atoms with Crippen molar-refractivity contribution < 1.29 is 9.59 Å². The van der Waals surface area contributed by atoms with Crippen molar-refractivity contribution in [2.75, 3.05) is 11.9 Å². The minimum absolute atomic E-state index is 0.00664. The van der Waals surface area contributed by atoms with Gasteiger partial charge in [0.25, 0.3) is 0 Å². The Labute approximate surface area is 152 Å². The molecule has 0 saturated heterocycles. The molecule has 0 aliphatic rings. The van der Waals surface area contributed by atoms with E-state index in [0.717, 1.165) is 16.7 Å². The van der Waals surface area contributed by atoms with Crippen LogP contribution in [-0.2, 0) is 4.79 Å². The molecule has 0 fully saturated rings. The summed E-state index contributed by atoms with van der Waals surface area (Å²) in [4.78, 5) is 23.9. The first kappa shape index (κ1) is 19.0. The standard InChI is InChI=1S/C19H22ClN3O2/c1-12-8-9-17(13(2)10-12)22-19(25)23-18(24)11-21-14(3)15-6-4-5-7-16(15)20/h4-10,14,21H,11H2,1-3H3,(H2,22,23,24,25). The molecule has 1 unspecified atom stereocenters. The Bertz CT molecular complexity index is 777. The van der Waals surface area contributed by atoms with Crippen LogP contribution in [0, 0.1) is 13.8 Å². The fraction of sp³-hybridized carbons (Fsp3) is 0.263. The fourth-order valence-electron chi connectivity index (χ4n) is 2.46. The van der Waals surface area contributed by atoms with Crippen molar-refractivity contribution in [1.82, 2.24) is 10.6 Å². The van der Waals surface area contributed by atoms with E-state index in [9.17, 15) is 9.59 Å². The first-order valence-electron chi connectivity index (χ1n) is 8.02. The minimum atomic E-state index is -0.552. The summed E-state index contributed by atoms with van der Waals surface area (Å²) in [5, 5.41) is 8.67. The van der Waals surface area contributed by atoms with E-state index in [4.69, 9.17) is 11.6 Å². The fourth-order valence-corrected chi connectivity index (χ4v) is 2.76. The molecule has 0 aliphatic carbocycles. The van der Waals surface area contributed by atoms with Gasteiger partial charge in [-0.3, -0.25) is 10.1 Å². The number of carbonyl (C=O) groups excluding carboxylic acids is 2. The predicted octanol–water partition coefficient (Wildman–Crippen LogP) is 3.96. The van der Waals surface area contributed by atoms with Gasteiger partial charge in [-0.15, -0.1) is 0 Å². The molecule has 0 aromatic heterocycles. The summed E-state index contributed by atoms with van der Waals surface area (Å²) in [6.07, 6.45) is 0. The summed E-state index contributed by atoms with van der Waals surface area (Å²) in [5.74, 6) is -0.416. The molecule has 0 saturated carbocycles. The van der Waals surface area contributed by atoms with Crippen LogP contribution in [0.1, 0.15) is 29.7 Å². The highest BCUT2D eigenvalue weighted by molar-refractivity contribution is 6.31. The molecule has 2 rings (SSSR count). The number of hydrogen-bond acceptors (Lipinski definition) is 3. The number of imide groups is 1. The van der Waals surface area contributed by atoms with Crippen LogP contribution in [0.2, 0.25) is 5.02 Å². The van der Waals surface area contributed by atoms with Gasteiger partial charge in [0.2, 0.25) is 5.91 Å². The van der Waals surface area contributed by atoms with E-state index < -0.39 is 11.9 Å². The number of urea groups is 1. The van der Waals surface area contributed by atoms with Gasteiger partial charge in [0.1, 0.15) is 0 Å². The van der Waals surface area contributed by atoms with Gasteiger partial charge in [0.05, 0.1) is 6.54 Å². The van der Waals surface area contributed by atoms with Crippen LogP contribution >= 0.6 is 11.6 Å². The SMILES string of the molecule is Cc1ccc(NC(=O)NC(=O)CNC(C)c2ccccc2Cl)c(C)c1. The molecule has 2 aromatic carbocycles. The molecule has 5 nitrogen and oxygen atoms in total. The van der Waals surface area contributed by atoms with E-state index in [1.807, 2.05) is 57.2 Å². The first-order valence-corrected chi connectivity index (χ1v) is 8.40. The van der Waals surface area contributed by atoms with E-state index in [1.165, 1.54) is 0 Å². The van der Waals surface area contributed by atoms with Gasteiger partial charge in [-0.25, -0.2) is 4.79 Å². The topological polar surface area (TPSA) is 70.2 Å². The lowest BCUT2D eigenvalue weighted by atomic mass is 10.1. The van der Waals surface area contributed by atoms with Crippen LogP contribution in [0.3, 0.4) is 0 Å². The number of benzene rings is 2. The maximum absolute atomic E-state index is 11.9. The van der Waals surface area contributed by atoms with Crippen molar-refractivity contribution in [3.8, 4) is 0 Å². The molecule has 3 amide bonds. The Morgan fingerprint density at radius 1 is 1.12 bits per heavy atom. The molecule has 0 heterocycles. The van der Waals surface area contributed by atoms with Gasteiger partial charge in [0, 0.05) is 16.8 Å². The smallest absolute Gasteiger partial charge is 0.307 e. The second-order valence-electron chi connectivity index (χ2n) is 5.94. The Kier molecular flexibility index (Phi) is 6.56. The molecule has 25 heavy (non-hydrogen) atoms. The van der Waals surface area contributed by atoms with E-state index in [2.05, 4.69) is 16.0 Å². The highest BCUT2D eigenvalue weighted by Crippen LogP contribution is 2.21. The summed E-state index contributed by atoms with van der Waals surface area (Å²) in [6, 6.07) is 12.4. The number of carbonyl (C=O) groups is 2. The van der Waals surface area contributed by atoms with Crippen molar-refractivity contribution in [3.05, 3.63) is 64.2 Å². The minimum Gasteiger partial charge on any atom is -0.307 e. The second kappa shape index (κ2) is 8.65. The molecule has 6 heteroatoms. The van der Waals surface area contributed by atoms with Gasteiger partial charge in [-0.2, -0.15) is 0 Å². The van der Waals surface area contributed by atoms with Gasteiger partial charge < -0.3 is 10.6 Å². The maximum atomic E-state index is 11.9. The summed E-state index contributed by atoms with van der Waals surface area (Å²) < 4.78 is 0. The lowest BCUT2D eigenvalue weighted by molar-refractivity contribution is -0.119. The zero-order chi connectivity index (χ0) is 18.4. The summed E-state index contributed by atoms with van der Waals surface area (Å²) >= 11 is 6.13. The van der Waals surface area contributed by atoms with Crippen LogP contribution in [-0.4, -0.2) is 18.5 Å². The van der Waals surface area contributed by atoms with Crippen LogP contribution in [0.15, 0.2) is 42.5 Å². The Hall–Kier alpha value is -2.37. The number of anilines is 1. The highest BCUT2D eigenvalue weighted by atomic mass is 35.5. The second-order valence-corrected chi connectivity index (χ2v) is 6.35. The Morgan fingerprint density at radius 3 is 2.52 bits per heavy atom. The average Bonchev–Trinajstić information content (AvgIpc) is 2.55. The van der Waals surface area contributed by atoms with Crippen molar-refractivity contribution in [1.29, 1.82) is 0 Å². The van der Waals surface area contributed by atoms with Crippen molar-refractivity contribution >= 4 is 29.2 Å². The number of nitrogens with one attached hydrogen (secondary N) is 3. The van der Waals surface area contributed by atoms with Crippen LogP contribution in [0.25, 0.3) is 0 Å². The van der Waals surface area contributed by atoms with Crippen molar-refractivity contribution in [3.63, 3.8) is 0 Å². The Morgan fingerprint density at radius 2 is 1.84 bits per heavy atom. The average molecular weight is 360 g/mol. The van der Waals surface area contributed by atoms with Crippen LogP contribution in [0.5, 0.6) is 0 Å². The van der Waals surface area contributed by atoms with Gasteiger partial charge in [0.15, 0.2) is 0 Å². The van der Waals surface area contributed by atoms with Gasteiger partial charge in [-0.1, -0.05) is 47.5 Å². The number of amides is 3. The van der Waals surface area contributed by atoms with Gasteiger partial charge in [-0.05, 0) is 44.0 Å². The van der Waals surface area contributed by atoms with Crippen molar-refractivity contribution in [2.24, 2.45) is 0 Å². The molecule has 2 aromatic rings. The summed E-state index contributed by atoms with van der Waals surface area (Å²) in [7, 11) is 0. The van der Waals surface area contributed by atoms with E-state index >= 15 is 0 Å². The molecule has 3 N–H and O–H groups in total. The van der Waals surface area contributed by atoms with Crippen molar-refractivity contribution in [2.45, 2.75) is 26.8 Å². The first-order chi connectivity index (χ1) is 11.9. The molecule has 1 atom stereocenters. The molecular formula is C19H22ClN3O2. The molecule has 0 radical (unpaired) electrons. The number of aryl methyl sites for hydroxylation is 2. The number of halogens is 1. The molecule has 0 spiro atoms. The third-order valence-electron chi connectivity index (χ3n) is 3.82. The summed E-state index contributed by atoms with van der Waals surface area (Å²) in [5.41, 5.74) is 3.62. The number of rotatable bonds is 5. The van der Waals surface area contributed by atoms with E-state index in [0.29, 0.717) is 10.7 Å². The zero-order valence-electron chi connectivity index (χ0n) is 14.5. The highest BCUT2D eigenvalue weighted by Gasteiger charge is 2.13. The molecule has 0 bridgehead atoms. The number of hydrogen-bond donors (Lipinski definition) is 3. The summed E-state index contributed by atoms with van der Waals surface area (Å²) in [6.45, 7) is 5.79.